The predicted octanol–water partition coefficient (Wildman–Crippen LogP) is -1.48. The fraction of sp³-hybridized carbons (Fsp3) is 0.833. The van der Waals surface area contributed by atoms with Crippen molar-refractivity contribution in [3.05, 3.63) is 0 Å². The van der Waals surface area contributed by atoms with Crippen LogP contribution in [0.2, 0.25) is 0 Å². The number of amides is 2. The third kappa shape index (κ3) is 3.00. The normalized spacial score (nSPS) is 24.5. The summed E-state index contributed by atoms with van der Waals surface area (Å²) >= 11 is 0. The van der Waals surface area contributed by atoms with E-state index >= 15 is 0 Å². The number of carbonyl (C=O) groups excluding carboxylic acids is 2. The molecule has 2 heterocycles. The van der Waals surface area contributed by atoms with Gasteiger partial charge in [0.25, 0.3) is 0 Å². The van der Waals surface area contributed by atoms with Gasteiger partial charge in [0.05, 0.1) is 11.8 Å². The number of nitrogens with zero attached hydrogens (tertiary/aromatic N) is 1. The van der Waals surface area contributed by atoms with Crippen LogP contribution in [-0.4, -0.2) is 56.0 Å². The largest absolute Gasteiger partial charge is 0.355 e. The van der Waals surface area contributed by atoms with Crippen LogP contribution >= 0.6 is 0 Å². The third-order valence-electron chi connectivity index (χ3n) is 3.68. The van der Waals surface area contributed by atoms with E-state index in [4.69, 9.17) is 5.73 Å². The van der Waals surface area contributed by atoms with Crippen molar-refractivity contribution in [3.8, 4) is 0 Å². The molecule has 0 aliphatic carbocycles. The highest BCUT2D eigenvalue weighted by Gasteiger charge is 2.33. The second kappa shape index (κ2) is 6.15. The molecular formula is C12H22N4O2. The molecule has 1 atom stereocenters. The average molecular weight is 254 g/mol. The Balaban J connectivity index is 1.83. The summed E-state index contributed by atoms with van der Waals surface area (Å²) in [5.41, 5.74) is 5.36. The Bertz CT molecular complexity index is 317. The summed E-state index contributed by atoms with van der Waals surface area (Å²) in [5.74, 6) is 0.285. The second-order valence-corrected chi connectivity index (χ2v) is 5.06. The fourth-order valence-corrected chi connectivity index (χ4v) is 2.45. The molecule has 1 unspecified atom stereocenters. The summed E-state index contributed by atoms with van der Waals surface area (Å²) in [7, 11) is 0. The first-order valence-electron chi connectivity index (χ1n) is 6.69. The van der Waals surface area contributed by atoms with Crippen molar-refractivity contribution >= 4 is 11.8 Å². The molecule has 2 aliphatic rings. The molecule has 2 fully saturated rings. The van der Waals surface area contributed by atoms with Gasteiger partial charge in [-0.15, -0.1) is 0 Å². The van der Waals surface area contributed by atoms with Gasteiger partial charge in [-0.25, -0.2) is 0 Å². The Morgan fingerprint density at radius 1 is 1.33 bits per heavy atom. The van der Waals surface area contributed by atoms with Crippen molar-refractivity contribution in [2.24, 2.45) is 17.6 Å². The standard InChI is InChI=1S/C12H22N4O2/c13-3-4-15-11(17)9-2-1-5-16(8-9)12(18)10-6-14-7-10/h9-10,14H,1-8,13H2,(H,15,17). The van der Waals surface area contributed by atoms with Gasteiger partial charge in [-0.05, 0) is 12.8 Å². The van der Waals surface area contributed by atoms with E-state index in [-0.39, 0.29) is 23.7 Å². The van der Waals surface area contributed by atoms with Crippen LogP contribution in [0.3, 0.4) is 0 Å². The lowest BCUT2D eigenvalue weighted by molar-refractivity contribution is -0.140. The summed E-state index contributed by atoms with van der Waals surface area (Å²) in [5, 5.41) is 5.91. The molecule has 0 aromatic carbocycles. The van der Waals surface area contributed by atoms with Gasteiger partial charge in [0.15, 0.2) is 0 Å². The highest BCUT2D eigenvalue weighted by Crippen LogP contribution is 2.19. The molecule has 0 radical (unpaired) electrons. The van der Waals surface area contributed by atoms with E-state index < -0.39 is 0 Å². The van der Waals surface area contributed by atoms with Crippen LogP contribution < -0.4 is 16.4 Å². The molecule has 2 rings (SSSR count). The maximum absolute atomic E-state index is 12.1. The van der Waals surface area contributed by atoms with Crippen LogP contribution in [0.15, 0.2) is 0 Å². The number of piperidine rings is 1. The molecule has 0 saturated carbocycles. The number of nitrogens with one attached hydrogen (secondary N) is 2. The van der Waals surface area contributed by atoms with Crippen molar-refractivity contribution < 1.29 is 9.59 Å². The molecule has 6 nitrogen and oxygen atoms in total. The highest BCUT2D eigenvalue weighted by molar-refractivity contribution is 5.83. The molecule has 102 valence electrons. The molecule has 2 aliphatic heterocycles. The summed E-state index contributed by atoms with van der Waals surface area (Å²) < 4.78 is 0. The van der Waals surface area contributed by atoms with Gasteiger partial charge in [-0.3, -0.25) is 9.59 Å². The average Bonchev–Trinajstić information content (AvgIpc) is 2.34. The SMILES string of the molecule is NCCNC(=O)C1CCCN(C(=O)C2CNC2)C1. The lowest BCUT2D eigenvalue weighted by Crippen LogP contribution is -2.55. The second-order valence-electron chi connectivity index (χ2n) is 5.06. The van der Waals surface area contributed by atoms with E-state index in [1.165, 1.54) is 0 Å². The zero-order valence-electron chi connectivity index (χ0n) is 10.7. The number of likely N-dealkylation sites (tertiary alicyclic amines) is 1. The van der Waals surface area contributed by atoms with Gasteiger partial charge in [0.2, 0.25) is 11.8 Å². The van der Waals surface area contributed by atoms with Crippen LogP contribution in [0.1, 0.15) is 12.8 Å². The number of nitrogens with two attached hydrogens (primary N) is 1. The fourth-order valence-electron chi connectivity index (χ4n) is 2.45. The van der Waals surface area contributed by atoms with Crippen molar-refractivity contribution in [1.82, 2.24) is 15.5 Å². The number of rotatable bonds is 4. The van der Waals surface area contributed by atoms with Gasteiger partial charge < -0.3 is 21.3 Å². The van der Waals surface area contributed by atoms with Crippen LogP contribution in [-0.2, 0) is 9.59 Å². The van der Waals surface area contributed by atoms with Crippen LogP contribution in [0.5, 0.6) is 0 Å². The highest BCUT2D eigenvalue weighted by atomic mass is 16.2. The summed E-state index contributed by atoms with van der Waals surface area (Å²) in [4.78, 5) is 25.8. The number of hydrogen-bond donors (Lipinski definition) is 3. The van der Waals surface area contributed by atoms with E-state index in [0.717, 1.165) is 32.5 Å². The van der Waals surface area contributed by atoms with E-state index in [1.807, 2.05) is 4.90 Å². The lowest BCUT2D eigenvalue weighted by Gasteiger charge is -2.37. The molecule has 0 aromatic heterocycles. The van der Waals surface area contributed by atoms with Crippen LogP contribution in [0.25, 0.3) is 0 Å². The van der Waals surface area contributed by atoms with Crippen molar-refractivity contribution in [3.63, 3.8) is 0 Å². The quantitative estimate of drug-likeness (QED) is 0.571. The van der Waals surface area contributed by atoms with E-state index in [9.17, 15) is 9.59 Å². The minimum atomic E-state index is -0.0673. The smallest absolute Gasteiger partial charge is 0.228 e. The Morgan fingerprint density at radius 3 is 2.72 bits per heavy atom. The molecule has 18 heavy (non-hydrogen) atoms. The molecule has 0 bridgehead atoms. The Kier molecular flexibility index (Phi) is 4.54. The molecular weight excluding hydrogens is 232 g/mol. The first-order chi connectivity index (χ1) is 8.72. The van der Waals surface area contributed by atoms with E-state index in [0.29, 0.717) is 19.6 Å². The van der Waals surface area contributed by atoms with E-state index in [2.05, 4.69) is 10.6 Å². The van der Waals surface area contributed by atoms with Gasteiger partial charge >= 0.3 is 0 Å². The summed E-state index contributed by atoms with van der Waals surface area (Å²) in [6.07, 6.45) is 1.77. The monoisotopic (exact) mass is 254 g/mol. The zero-order valence-corrected chi connectivity index (χ0v) is 10.7. The molecule has 2 amide bonds. The van der Waals surface area contributed by atoms with Crippen LogP contribution in [0, 0.1) is 11.8 Å². The van der Waals surface area contributed by atoms with Crippen molar-refractivity contribution in [2.45, 2.75) is 12.8 Å². The van der Waals surface area contributed by atoms with Crippen molar-refractivity contribution in [1.29, 1.82) is 0 Å². The van der Waals surface area contributed by atoms with Crippen LogP contribution in [0.4, 0.5) is 0 Å². The summed E-state index contributed by atoms with van der Waals surface area (Å²) in [6, 6.07) is 0. The Morgan fingerprint density at radius 2 is 2.11 bits per heavy atom. The first-order valence-corrected chi connectivity index (χ1v) is 6.69. The molecule has 4 N–H and O–H groups in total. The van der Waals surface area contributed by atoms with Gasteiger partial charge in [-0.1, -0.05) is 0 Å². The van der Waals surface area contributed by atoms with Gasteiger partial charge in [0.1, 0.15) is 0 Å². The minimum Gasteiger partial charge on any atom is -0.355 e. The Hall–Kier alpha value is -1.14. The molecule has 2 saturated heterocycles. The minimum absolute atomic E-state index is 0.0321. The number of carbonyl (C=O) groups is 2. The summed E-state index contributed by atoms with van der Waals surface area (Å²) in [6.45, 7) is 3.87. The molecule has 6 heteroatoms. The van der Waals surface area contributed by atoms with Gasteiger partial charge in [-0.2, -0.15) is 0 Å². The first kappa shape index (κ1) is 13.3. The third-order valence-corrected chi connectivity index (χ3v) is 3.68. The maximum atomic E-state index is 12.1. The molecule has 0 spiro atoms. The predicted molar refractivity (Wildman–Crippen MR) is 67.7 cm³/mol. The molecule has 0 aromatic rings. The lowest BCUT2D eigenvalue weighted by atomic mass is 9.94. The van der Waals surface area contributed by atoms with Crippen molar-refractivity contribution in [2.75, 3.05) is 39.3 Å². The Labute approximate surface area is 107 Å². The van der Waals surface area contributed by atoms with Gasteiger partial charge in [0, 0.05) is 39.3 Å². The maximum Gasteiger partial charge on any atom is 0.228 e. The number of hydrogen-bond acceptors (Lipinski definition) is 4. The topological polar surface area (TPSA) is 87.5 Å². The zero-order chi connectivity index (χ0) is 13.0. The van der Waals surface area contributed by atoms with E-state index in [1.54, 1.807) is 0 Å².